The van der Waals surface area contributed by atoms with Gasteiger partial charge in [0.15, 0.2) is 0 Å². The minimum absolute atomic E-state index is 0.726. The molecule has 1 N–H and O–H groups in total. The van der Waals surface area contributed by atoms with E-state index in [1.807, 2.05) is 25.2 Å². The van der Waals surface area contributed by atoms with E-state index in [4.69, 9.17) is 4.74 Å². The molecule has 0 heterocycles. The van der Waals surface area contributed by atoms with E-state index in [2.05, 4.69) is 5.32 Å². The molecule has 1 unspecified atom stereocenters. The van der Waals surface area contributed by atoms with E-state index in [1.165, 1.54) is 0 Å². The first-order valence-electron chi connectivity index (χ1n) is 5.15. The lowest BCUT2D eigenvalue weighted by Crippen LogP contribution is -2.12. The highest BCUT2D eigenvalue weighted by atomic mass is 19.1. The molecular formula is C12H18FNO. The molecule has 0 amide bonds. The second kappa shape index (κ2) is 5.71. The third kappa shape index (κ3) is 2.93. The molecule has 0 aliphatic carbocycles. The largest absolute Gasteiger partial charge is 0.496 e. The van der Waals surface area contributed by atoms with Crippen LogP contribution in [0.15, 0.2) is 18.2 Å². The minimum Gasteiger partial charge on any atom is -0.496 e. The highest BCUT2D eigenvalue weighted by Gasteiger charge is 2.13. The van der Waals surface area contributed by atoms with Gasteiger partial charge in [-0.25, -0.2) is 4.39 Å². The molecule has 0 radical (unpaired) electrons. The first-order valence-corrected chi connectivity index (χ1v) is 5.15. The average molecular weight is 211 g/mol. The second-order valence-electron chi connectivity index (χ2n) is 3.50. The van der Waals surface area contributed by atoms with Gasteiger partial charge < -0.3 is 10.1 Å². The SMILES string of the molecule is CNCCc1c(OC)cccc1C(C)F. The Hall–Kier alpha value is -1.09. The number of halogens is 1. The molecule has 0 aliphatic heterocycles. The minimum atomic E-state index is -0.952. The van der Waals surface area contributed by atoms with Crippen LogP contribution in [-0.2, 0) is 6.42 Å². The van der Waals surface area contributed by atoms with Crippen LogP contribution in [0.1, 0.15) is 24.2 Å². The third-order valence-electron chi connectivity index (χ3n) is 2.44. The number of hydrogen-bond donors (Lipinski definition) is 1. The van der Waals surface area contributed by atoms with Crippen LogP contribution in [0.25, 0.3) is 0 Å². The highest BCUT2D eigenvalue weighted by molar-refractivity contribution is 5.41. The van der Waals surface area contributed by atoms with Gasteiger partial charge in [0.1, 0.15) is 11.9 Å². The predicted molar refractivity (Wildman–Crippen MR) is 60.1 cm³/mol. The Bertz CT molecular complexity index is 312. The van der Waals surface area contributed by atoms with Gasteiger partial charge in [-0.3, -0.25) is 0 Å². The van der Waals surface area contributed by atoms with E-state index >= 15 is 0 Å². The topological polar surface area (TPSA) is 21.3 Å². The Kier molecular flexibility index (Phi) is 4.56. The molecule has 1 rings (SSSR count). The molecule has 3 heteroatoms. The van der Waals surface area contributed by atoms with Gasteiger partial charge in [-0.2, -0.15) is 0 Å². The van der Waals surface area contributed by atoms with Gasteiger partial charge in [0.25, 0.3) is 0 Å². The number of benzene rings is 1. The summed E-state index contributed by atoms with van der Waals surface area (Å²) in [4.78, 5) is 0. The van der Waals surface area contributed by atoms with Crippen molar-refractivity contribution in [3.63, 3.8) is 0 Å². The summed E-state index contributed by atoms with van der Waals surface area (Å²) in [7, 11) is 3.50. The fourth-order valence-corrected chi connectivity index (χ4v) is 1.66. The zero-order valence-electron chi connectivity index (χ0n) is 9.51. The van der Waals surface area contributed by atoms with Gasteiger partial charge >= 0.3 is 0 Å². The molecule has 0 spiro atoms. The van der Waals surface area contributed by atoms with Gasteiger partial charge in [0, 0.05) is 5.56 Å². The van der Waals surface area contributed by atoms with Gasteiger partial charge in [-0.05, 0) is 38.6 Å². The van der Waals surface area contributed by atoms with Crippen LogP contribution in [0, 0.1) is 0 Å². The van der Waals surface area contributed by atoms with Crippen molar-refractivity contribution < 1.29 is 9.13 Å². The molecule has 1 aromatic rings. The molecule has 2 nitrogen and oxygen atoms in total. The number of ether oxygens (including phenoxy) is 1. The molecule has 0 aromatic heterocycles. The van der Waals surface area contributed by atoms with Crippen molar-refractivity contribution in [2.24, 2.45) is 0 Å². The van der Waals surface area contributed by atoms with E-state index in [9.17, 15) is 4.39 Å². The first kappa shape index (κ1) is 12.0. The number of hydrogen-bond acceptors (Lipinski definition) is 2. The van der Waals surface area contributed by atoms with Crippen LogP contribution in [0.5, 0.6) is 5.75 Å². The molecule has 0 saturated heterocycles. The summed E-state index contributed by atoms with van der Waals surface area (Å²) in [5, 5.41) is 3.06. The lowest BCUT2D eigenvalue weighted by molar-refractivity contribution is 0.365. The average Bonchev–Trinajstić information content (AvgIpc) is 2.25. The van der Waals surface area contributed by atoms with Gasteiger partial charge in [0.2, 0.25) is 0 Å². The molecule has 15 heavy (non-hydrogen) atoms. The predicted octanol–water partition coefficient (Wildman–Crippen LogP) is 2.49. The first-order chi connectivity index (χ1) is 7.20. The molecular weight excluding hydrogens is 193 g/mol. The van der Waals surface area contributed by atoms with Crippen molar-refractivity contribution in [1.29, 1.82) is 0 Å². The van der Waals surface area contributed by atoms with Crippen LogP contribution in [-0.4, -0.2) is 20.7 Å². The molecule has 84 valence electrons. The Morgan fingerprint density at radius 1 is 1.47 bits per heavy atom. The number of likely N-dealkylation sites (N-methyl/N-ethyl adjacent to an activating group) is 1. The maximum Gasteiger partial charge on any atom is 0.123 e. The van der Waals surface area contributed by atoms with E-state index in [0.717, 1.165) is 29.8 Å². The van der Waals surface area contributed by atoms with Crippen LogP contribution >= 0.6 is 0 Å². The van der Waals surface area contributed by atoms with Crippen molar-refractivity contribution in [3.8, 4) is 5.75 Å². The van der Waals surface area contributed by atoms with Crippen molar-refractivity contribution >= 4 is 0 Å². The number of methoxy groups -OCH3 is 1. The number of alkyl halides is 1. The quantitative estimate of drug-likeness (QED) is 0.808. The van der Waals surface area contributed by atoms with E-state index in [-0.39, 0.29) is 0 Å². The summed E-state index contributed by atoms with van der Waals surface area (Å²) in [6.45, 7) is 2.37. The Labute approximate surface area is 90.4 Å². The number of nitrogens with one attached hydrogen (secondary N) is 1. The summed E-state index contributed by atoms with van der Waals surface area (Å²) < 4.78 is 18.6. The summed E-state index contributed by atoms with van der Waals surface area (Å²) in [6.07, 6.45) is -0.170. The summed E-state index contributed by atoms with van der Waals surface area (Å²) in [6, 6.07) is 5.52. The standard InChI is InChI=1S/C12H18FNO/c1-9(13)10-5-4-6-12(15-3)11(10)7-8-14-2/h4-6,9,14H,7-8H2,1-3H3. The van der Waals surface area contributed by atoms with Gasteiger partial charge in [-0.15, -0.1) is 0 Å². The van der Waals surface area contributed by atoms with E-state index < -0.39 is 6.17 Å². The monoisotopic (exact) mass is 211 g/mol. The normalized spacial score (nSPS) is 12.5. The second-order valence-corrected chi connectivity index (χ2v) is 3.50. The van der Waals surface area contributed by atoms with E-state index in [1.54, 1.807) is 14.0 Å². The van der Waals surface area contributed by atoms with Crippen LogP contribution in [0.2, 0.25) is 0 Å². The third-order valence-corrected chi connectivity index (χ3v) is 2.44. The Morgan fingerprint density at radius 3 is 2.73 bits per heavy atom. The van der Waals surface area contributed by atoms with Crippen LogP contribution < -0.4 is 10.1 Å². The maximum atomic E-state index is 13.4. The van der Waals surface area contributed by atoms with Crippen LogP contribution in [0.3, 0.4) is 0 Å². The lowest BCUT2D eigenvalue weighted by atomic mass is 10.0. The fraction of sp³-hybridized carbons (Fsp3) is 0.500. The summed E-state index contributed by atoms with van der Waals surface area (Å²) in [5.41, 5.74) is 1.69. The summed E-state index contributed by atoms with van der Waals surface area (Å²) in [5.74, 6) is 0.771. The lowest BCUT2D eigenvalue weighted by Gasteiger charge is -2.14. The maximum absolute atomic E-state index is 13.4. The molecule has 1 aromatic carbocycles. The molecule has 0 fully saturated rings. The molecule has 0 saturated carbocycles. The Balaban J connectivity index is 3.03. The van der Waals surface area contributed by atoms with Gasteiger partial charge in [-0.1, -0.05) is 12.1 Å². The molecule has 1 atom stereocenters. The highest BCUT2D eigenvalue weighted by Crippen LogP contribution is 2.28. The zero-order chi connectivity index (χ0) is 11.3. The molecule has 0 bridgehead atoms. The van der Waals surface area contributed by atoms with Gasteiger partial charge in [0.05, 0.1) is 7.11 Å². The molecule has 0 aliphatic rings. The fourth-order valence-electron chi connectivity index (χ4n) is 1.66. The zero-order valence-corrected chi connectivity index (χ0v) is 9.51. The van der Waals surface area contributed by atoms with Crippen molar-refractivity contribution in [2.75, 3.05) is 20.7 Å². The van der Waals surface area contributed by atoms with Crippen LogP contribution in [0.4, 0.5) is 4.39 Å². The van der Waals surface area contributed by atoms with Crippen molar-refractivity contribution in [3.05, 3.63) is 29.3 Å². The number of rotatable bonds is 5. The van der Waals surface area contributed by atoms with Crippen molar-refractivity contribution in [1.82, 2.24) is 5.32 Å². The van der Waals surface area contributed by atoms with E-state index in [0.29, 0.717) is 0 Å². The smallest absolute Gasteiger partial charge is 0.123 e. The Morgan fingerprint density at radius 2 is 2.20 bits per heavy atom. The summed E-state index contributed by atoms with van der Waals surface area (Å²) >= 11 is 0. The van der Waals surface area contributed by atoms with Crippen molar-refractivity contribution in [2.45, 2.75) is 19.5 Å².